The number of carbonyl (C=O) groups is 1. The third-order valence-corrected chi connectivity index (χ3v) is 3.69. The van der Waals surface area contributed by atoms with Crippen molar-refractivity contribution in [3.63, 3.8) is 0 Å². The van der Waals surface area contributed by atoms with Gasteiger partial charge in [-0.1, -0.05) is 23.8 Å². The van der Waals surface area contributed by atoms with Crippen molar-refractivity contribution in [2.24, 2.45) is 5.10 Å². The highest BCUT2D eigenvalue weighted by Gasteiger charge is 2.04. The SMILES string of the molecule is Cc1cc(C)cc(OCC(=O)N/N=C/c2c(C)cc(C)cc2C)c1. The lowest BCUT2D eigenvalue weighted by Gasteiger charge is -2.08. The van der Waals surface area contributed by atoms with Gasteiger partial charge in [0, 0.05) is 5.56 Å². The Morgan fingerprint density at radius 2 is 1.50 bits per heavy atom. The van der Waals surface area contributed by atoms with Crippen LogP contribution >= 0.6 is 0 Å². The van der Waals surface area contributed by atoms with E-state index < -0.39 is 0 Å². The molecule has 0 heterocycles. The fraction of sp³-hybridized carbons (Fsp3) is 0.300. The third-order valence-electron chi connectivity index (χ3n) is 3.69. The first-order valence-electron chi connectivity index (χ1n) is 7.96. The zero-order valence-corrected chi connectivity index (χ0v) is 14.9. The Balaban J connectivity index is 1.91. The number of nitrogens with zero attached hydrogens (tertiary/aromatic N) is 1. The number of carbonyl (C=O) groups excluding carboxylic acids is 1. The number of aryl methyl sites for hydroxylation is 5. The predicted molar refractivity (Wildman–Crippen MR) is 97.8 cm³/mol. The molecule has 0 spiro atoms. The second-order valence-corrected chi connectivity index (χ2v) is 6.22. The van der Waals surface area contributed by atoms with Crippen molar-refractivity contribution in [1.29, 1.82) is 0 Å². The molecule has 1 amide bonds. The van der Waals surface area contributed by atoms with Crippen molar-refractivity contribution in [1.82, 2.24) is 5.43 Å². The van der Waals surface area contributed by atoms with Gasteiger partial charge in [0.2, 0.25) is 0 Å². The van der Waals surface area contributed by atoms with Gasteiger partial charge >= 0.3 is 0 Å². The minimum Gasteiger partial charge on any atom is -0.484 e. The lowest BCUT2D eigenvalue weighted by molar-refractivity contribution is -0.123. The van der Waals surface area contributed by atoms with Gasteiger partial charge in [-0.15, -0.1) is 0 Å². The molecule has 2 rings (SSSR count). The van der Waals surface area contributed by atoms with E-state index in [1.54, 1.807) is 6.21 Å². The molecule has 24 heavy (non-hydrogen) atoms. The van der Waals surface area contributed by atoms with E-state index in [0.717, 1.165) is 27.8 Å². The van der Waals surface area contributed by atoms with E-state index in [2.05, 4.69) is 35.7 Å². The van der Waals surface area contributed by atoms with Crippen LogP contribution < -0.4 is 10.2 Å². The number of hydrazone groups is 1. The van der Waals surface area contributed by atoms with Gasteiger partial charge in [0.05, 0.1) is 6.21 Å². The maximum atomic E-state index is 11.9. The first kappa shape index (κ1) is 17.7. The Labute approximate surface area is 143 Å². The van der Waals surface area contributed by atoms with Crippen molar-refractivity contribution < 1.29 is 9.53 Å². The second-order valence-electron chi connectivity index (χ2n) is 6.22. The van der Waals surface area contributed by atoms with E-state index in [1.165, 1.54) is 5.56 Å². The fourth-order valence-corrected chi connectivity index (χ4v) is 2.76. The molecule has 0 fully saturated rings. The number of benzene rings is 2. The van der Waals surface area contributed by atoms with E-state index in [0.29, 0.717) is 5.75 Å². The molecular formula is C20H24N2O2. The third kappa shape index (κ3) is 4.95. The zero-order valence-electron chi connectivity index (χ0n) is 14.9. The lowest BCUT2D eigenvalue weighted by Crippen LogP contribution is -2.24. The van der Waals surface area contributed by atoms with Crippen LogP contribution in [0.5, 0.6) is 5.75 Å². The van der Waals surface area contributed by atoms with Crippen LogP contribution in [0.25, 0.3) is 0 Å². The summed E-state index contributed by atoms with van der Waals surface area (Å²) >= 11 is 0. The Morgan fingerprint density at radius 1 is 0.958 bits per heavy atom. The quantitative estimate of drug-likeness (QED) is 0.672. The zero-order chi connectivity index (χ0) is 17.7. The number of nitrogens with one attached hydrogen (secondary N) is 1. The fourth-order valence-electron chi connectivity index (χ4n) is 2.76. The number of amides is 1. The second kappa shape index (κ2) is 7.77. The van der Waals surface area contributed by atoms with E-state index in [1.807, 2.05) is 39.8 Å². The lowest BCUT2D eigenvalue weighted by atomic mass is 10.0. The average molecular weight is 324 g/mol. The van der Waals surface area contributed by atoms with Crippen LogP contribution in [0.15, 0.2) is 35.4 Å². The van der Waals surface area contributed by atoms with Crippen molar-refractivity contribution in [2.75, 3.05) is 6.61 Å². The summed E-state index contributed by atoms with van der Waals surface area (Å²) in [5.74, 6) is 0.407. The summed E-state index contributed by atoms with van der Waals surface area (Å²) in [5.41, 5.74) is 9.23. The molecule has 0 aliphatic rings. The molecule has 4 nitrogen and oxygen atoms in total. The molecule has 0 aliphatic carbocycles. The molecule has 0 bridgehead atoms. The Kier molecular flexibility index (Phi) is 5.74. The smallest absolute Gasteiger partial charge is 0.277 e. The van der Waals surface area contributed by atoms with Crippen LogP contribution in [0.2, 0.25) is 0 Å². The molecule has 0 atom stereocenters. The van der Waals surface area contributed by atoms with Crippen molar-refractivity contribution >= 4 is 12.1 Å². The molecule has 0 unspecified atom stereocenters. The van der Waals surface area contributed by atoms with Gasteiger partial charge in [0.1, 0.15) is 5.75 Å². The van der Waals surface area contributed by atoms with Crippen LogP contribution in [0.4, 0.5) is 0 Å². The monoisotopic (exact) mass is 324 g/mol. The Morgan fingerprint density at radius 3 is 2.08 bits per heavy atom. The highest BCUT2D eigenvalue weighted by atomic mass is 16.5. The van der Waals surface area contributed by atoms with Crippen LogP contribution in [0, 0.1) is 34.6 Å². The molecule has 4 heteroatoms. The van der Waals surface area contributed by atoms with Crippen molar-refractivity contribution in [2.45, 2.75) is 34.6 Å². The number of hydrogen-bond acceptors (Lipinski definition) is 3. The summed E-state index contributed by atoms with van der Waals surface area (Å²) in [6, 6.07) is 10.1. The highest BCUT2D eigenvalue weighted by molar-refractivity contribution is 5.85. The maximum Gasteiger partial charge on any atom is 0.277 e. The molecule has 2 aromatic rings. The first-order valence-corrected chi connectivity index (χ1v) is 7.96. The molecule has 126 valence electrons. The van der Waals surface area contributed by atoms with Crippen LogP contribution in [-0.2, 0) is 4.79 Å². The van der Waals surface area contributed by atoms with Gasteiger partial charge in [-0.05, 0) is 69.0 Å². The first-order chi connectivity index (χ1) is 11.3. The molecular weight excluding hydrogens is 300 g/mol. The molecule has 0 saturated carbocycles. The number of rotatable bonds is 5. The summed E-state index contributed by atoms with van der Waals surface area (Å²) in [6.45, 7) is 10.1. The van der Waals surface area contributed by atoms with Crippen molar-refractivity contribution in [3.8, 4) is 5.75 Å². The standard InChI is InChI=1S/C20H24N2O2/c1-13-6-14(2)10-18(9-13)24-12-20(23)22-21-11-19-16(4)7-15(3)8-17(19)5/h6-11H,12H2,1-5H3,(H,22,23)/b21-11+. The molecule has 0 saturated heterocycles. The summed E-state index contributed by atoms with van der Waals surface area (Å²) < 4.78 is 5.51. The van der Waals surface area contributed by atoms with E-state index >= 15 is 0 Å². The molecule has 1 N–H and O–H groups in total. The predicted octanol–water partition coefficient (Wildman–Crippen LogP) is 3.76. The van der Waals surface area contributed by atoms with Gasteiger partial charge in [-0.3, -0.25) is 4.79 Å². The maximum absolute atomic E-state index is 11.9. The minimum absolute atomic E-state index is 0.0634. The normalized spacial score (nSPS) is 10.9. The minimum atomic E-state index is -0.284. The van der Waals surface area contributed by atoms with E-state index in [9.17, 15) is 4.79 Å². The molecule has 2 aromatic carbocycles. The number of ether oxygens (including phenoxy) is 1. The van der Waals surface area contributed by atoms with E-state index in [-0.39, 0.29) is 12.5 Å². The molecule has 0 aliphatic heterocycles. The van der Waals surface area contributed by atoms with Crippen molar-refractivity contribution in [3.05, 3.63) is 63.7 Å². The Bertz CT molecular complexity index is 736. The summed E-state index contributed by atoms with van der Waals surface area (Å²) in [4.78, 5) is 11.9. The van der Waals surface area contributed by atoms with Gasteiger partial charge in [-0.25, -0.2) is 5.43 Å². The van der Waals surface area contributed by atoms with Gasteiger partial charge in [0.15, 0.2) is 6.61 Å². The highest BCUT2D eigenvalue weighted by Crippen LogP contribution is 2.16. The van der Waals surface area contributed by atoms with Gasteiger partial charge in [0.25, 0.3) is 5.91 Å². The topological polar surface area (TPSA) is 50.7 Å². The number of hydrogen-bond donors (Lipinski definition) is 1. The summed E-state index contributed by atoms with van der Waals surface area (Å²) in [6.07, 6.45) is 1.68. The molecule has 0 aromatic heterocycles. The van der Waals surface area contributed by atoms with Crippen LogP contribution in [0.3, 0.4) is 0 Å². The largest absolute Gasteiger partial charge is 0.484 e. The van der Waals surface area contributed by atoms with Gasteiger partial charge < -0.3 is 4.74 Å². The van der Waals surface area contributed by atoms with Crippen LogP contribution in [-0.4, -0.2) is 18.7 Å². The van der Waals surface area contributed by atoms with E-state index in [4.69, 9.17) is 4.74 Å². The Hall–Kier alpha value is -2.62. The van der Waals surface area contributed by atoms with Crippen LogP contribution in [0.1, 0.15) is 33.4 Å². The summed E-state index contributed by atoms with van der Waals surface area (Å²) in [7, 11) is 0. The average Bonchev–Trinajstić information content (AvgIpc) is 2.47. The van der Waals surface area contributed by atoms with Gasteiger partial charge in [-0.2, -0.15) is 5.10 Å². The summed E-state index contributed by atoms with van der Waals surface area (Å²) in [5, 5.41) is 4.04. The molecule has 0 radical (unpaired) electrons.